The molecule has 1 fully saturated rings. The topological polar surface area (TPSA) is 32.3 Å². The second kappa shape index (κ2) is 6.17. The van der Waals surface area contributed by atoms with Gasteiger partial charge in [0.05, 0.1) is 6.04 Å². The first-order valence-electron chi connectivity index (χ1n) is 6.36. The Hall–Kier alpha value is -0.870. The molecule has 0 aliphatic carbocycles. The van der Waals surface area contributed by atoms with E-state index in [9.17, 15) is 4.79 Å². The van der Waals surface area contributed by atoms with Crippen LogP contribution in [-0.4, -0.2) is 36.5 Å². The molecule has 1 atom stereocenters. The summed E-state index contributed by atoms with van der Waals surface area (Å²) in [5.41, 5.74) is 0. The number of hydrogen-bond donors (Lipinski definition) is 1. The first-order chi connectivity index (χ1) is 8.31. The highest BCUT2D eigenvalue weighted by Gasteiger charge is 2.30. The van der Waals surface area contributed by atoms with E-state index >= 15 is 0 Å². The Kier molecular flexibility index (Phi) is 4.57. The van der Waals surface area contributed by atoms with Gasteiger partial charge in [0.15, 0.2) is 0 Å². The van der Waals surface area contributed by atoms with Gasteiger partial charge in [0.25, 0.3) is 0 Å². The van der Waals surface area contributed by atoms with Crippen molar-refractivity contribution in [3.63, 3.8) is 0 Å². The molecule has 1 amide bonds. The van der Waals surface area contributed by atoms with Crippen molar-refractivity contribution in [3.05, 3.63) is 22.4 Å². The molecular weight excluding hydrogens is 232 g/mol. The number of thiophene rings is 1. The van der Waals surface area contributed by atoms with Crippen LogP contribution in [-0.2, 0) is 11.2 Å². The van der Waals surface area contributed by atoms with Gasteiger partial charge in [-0.3, -0.25) is 4.79 Å². The maximum absolute atomic E-state index is 12.0. The van der Waals surface area contributed by atoms with Gasteiger partial charge in [-0.25, -0.2) is 0 Å². The average molecular weight is 252 g/mol. The second-order valence-corrected chi connectivity index (χ2v) is 5.48. The first-order valence-corrected chi connectivity index (χ1v) is 7.23. The summed E-state index contributed by atoms with van der Waals surface area (Å²) in [4.78, 5) is 15.4. The molecule has 1 aliphatic heterocycles. The minimum absolute atomic E-state index is 0.0679. The summed E-state index contributed by atoms with van der Waals surface area (Å²) in [5.74, 6) is 0.287. The molecule has 1 N–H and O–H groups in total. The third kappa shape index (κ3) is 3.30. The van der Waals surface area contributed by atoms with Crippen LogP contribution in [0.5, 0.6) is 0 Å². The van der Waals surface area contributed by atoms with E-state index < -0.39 is 0 Å². The van der Waals surface area contributed by atoms with E-state index in [2.05, 4.69) is 29.8 Å². The Balaban J connectivity index is 1.77. The molecule has 2 rings (SSSR count). The van der Waals surface area contributed by atoms with Crippen LogP contribution in [0.25, 0.3) is 0 Å². The summed E-state index contributed by atoms with van der Waals surface area (Å²) in [7, 11) is 0. The van der Waals surface area contributed by atoms with Gasteiger partial charge in [-0.2, -0.15) is 0 Å². The van der Waals surface area contributed by atoms with Crippen LogP contribution in [0.15, 0.2) is 17.5 Å². The number of likely N-dealkylation sites (tertiary alicyclic amines) is 1. The van der Waals surface area contributed by atoms with E-state index in [0.717, 1.165) is 38.9 Å². The van der Waals surface area contributed by atoms with Gasteiger partial charge in [-0.15, -0.1) is 11.3 Å². The minimum atomic E-state index is 0.0679. The summed E-state index contributed by atoms with van der Waals surface area (Å²) >= 11 is 1.77. The van der Waals surface area contributed by atoms with Gasteiger partial charge in [0, 0.05) is 18.0 Å². The van der Waals surface area contributed by atoms with Gasteiger partial charge >= 0.3 is 0 Å². The molecule has 0 saturated carbocycles. The molecule has 1 saturated heterocycles. The van der Waals surface area contributed by atoms with E-state index in [1.54, 1.807) is 11.3 Å². The van der Waals surface area contributed by atoms with Crippen molar-refractivity contribution in [1.29, 1.82) is 0 Å². The van der Waals surface area contributed by atoms with Crippen molar-refractivity contribution < 1.29 is 4.79 Å². The zero-order chi connectivity index (χ0) is 12.1. The van der Waals surface area contributed by atoms with Crippen LogP contribution in [0.1, 0.15) is 24.6 Å². The van der Waals surface area contributed by atoms with Crippen molar-refractivity contribution in [3.8, 4) is 0 Å². The van der Waals surface area contributed by atoms with E-state index in [-0.39, 0.29) is 11.9 Å². The SMILES string of the molecule is CCCNC1CCN(CCc2cccs2)C1=O. The molecule has 17 heavy (non-hydrogen) atoms. The van der Waals surface area contributed by atoms with E-state index in [1.807, 2.05) is 4.90 Å². The maximum atomic E-state index is 12.0. The van der Waals surface area contributed by atoms with Crippen molar-refractivity contribution in [2.24, 2.45) is 0 Å². The number of hydrogen-bond acceptors (Lipinski definition) is 3. The van der Waals surface area contributed by atoms with Crippen LogP contribution in [0.2, 0.25) is 0 Å². The minimum Gasteiger partial charge on any atom is -0.341 e. The van der Waals surface area contributed by atoms with Crippen LogP contribution >= 0.6 is 11.3 Å². The van der Waals surface area contributed by atoms with Crippen LogP contribution in [0.3, 0.4) is 0 Å². The number of carbonyl (C=O) groups is 1. The fraction of sp³-hybridized carbons (Fsp3) is 0.615. The van der Waals surface area contributed by atoms with Crippen molar-refractivity contribution in [2.75, 3.05) is 19.6 Å². The molecule has 3 nitrogen and oxygen atoms in total. The monoisotopic (exact) mass is 252 g/mol. The normalized spacial score (nSPS) is 20.2. The highest BCUT2D eigenvalue weighted by molar-refractivity contribution is 7.09. The lowest BCUT2D eigenvalue weighted by Gasteiger charge is -2.16. The Morgan fingerprint density at radius 2 is 2.47 bits per heavy atom. The van der Waals surface area contributed by atoms with E-state index in [1.165, 1.54) is 4.88 Å². The molecule has 1 aliphatic rings. The van der Waals surface area contributed by atoms with E-state index in [4.69, 9.17) is 0 Å². The Labute approximate surface area is 107 Å². The molecule has 94 valence electrons. The fourth-order valence-corrected chi connectivity index (χ4v) is 2.87. The average Bonchev–Trinajstić information content (AvgIpc) is 2.95. The van der Waals surface area contributed by atoms with Crippen molar-refractivity contribution in [2.45, 2.75) is 32.2 Å². The summed E-state index contributed by atoms with van der Waals surface area (Å²) in [6.07, 6.45) is 3.03. The summed E-state index contributed by atoms with van der Waals surface area (Å²) < 4.78 is 0. The van der Waals surface area contributed by atoms with Crippen molar-refractivity contribution >= 4 is 17.2 Å². The van der Waals surface area contributed by atoms with Gasteiger partial charge in [0.1, 0.15) is 0 Å². The molecule has 4 heteroatoms. The molecule has 0 aromatic carbocycles. The number of rotatable bonds is 6. The molecule has 0 radical (unpaired) electrons. The molecule has 2 heterocycles. The first kappa shape index (κ1) is 12.6. The lowest BCUT2D eigenvalue weighted by molar-refractivity contribution is -0.129. The standard InChI is InChI=1S/C13H20N2OS/c1-2-7-14-12-6-9-15(13(12)16)8-5-11-4-3-10-17-11/h3-4,10,12,14H,2,5-9H2,1H3. The molecule has 1 unspecified atom stereocenters. The van der Waals surface area contributed by atoms with Gasteiger partial charge in [0.2, 0.25) is 5.91 Å². The lowest BCUT2D eigenvalue weighted by atomic mass is 10.2. The van der Waals surface area contributed by atoms with Crippen LogP contribution in [0.4, 0.5) is 0 Å². The largest absolute Gasteiger partial charge is 0.341 e. The van der Waals surface area contributed by atoms with Crippen LogP contribution in [0, 0.1) is 0 Å². The number of carbonyl (C=O) groups excluding carboxylic acids is 1. The quantitative estimate of drug-likeness (QED) is 0.838. The zero-order valence-corrected chi connectivity index (χ0v) is 11.1. The highest BCUT2D eigenvalue weighted by atomic mass is 32.1. The molecule has 1 aromatic rings. The Morgan fingerprint density at radius 3 is 3.18 bits per heavy atom. The molecular formula is C13H20N2OS. The third-order valence-electron chi connectivity index (χ3n) is 3.15. The zero-order valence-electron chi connectivity index (χ0n) is 10.3. The predicted octanol–water partition coefficient (Wildman–Crippen LogP) is 1.89. The smallest absolute Gasteiger partial charge is 0.239 e. The van der Waals surface area contributed by atoms with Gasteiger partial charge in [-0.1, -0.05) is 13.0 Å². The third-order valence-corrected chi connectivity index (χ3v) is 4.08. The summed E-state index contributed by atoms with van der Waals surface area (Å²) in [6, 6.07) is 4.27. The molecule has 0 spiro atoms. The number of nitrogens with one attached hydrogen (secondary N) is 1. The predicted molar refractivity (Wildman–Crippen MR) is 71.3 cm³/mol. The number of amides is 1. The Morgan fingerprint density at radius 1 is 1.59 bits per heavy atom. The molecule has 1 aromatic heterocycles. The summed E-state index contributed by atoms with van der Waals surface area (Å²) in [6.45, 7) is 4.84. The molecule has 0 bridgehead atoms. The second-order valence-electron chi connectivity index (χ2n) is 4.45. The van der Waals surface area contributed by atoms with E-state index in [0.29, 0.717) is 0 Å². The van der Waals surface area contributed by atoms with Crippen LogP contribution < -0.4 is 5.32 Å². The fourth-order valence-electron chi connectivity index (χ4n) is 2.17. The maximum Gasteiger partial charge on any atom is 0.239 e. The summed E-state index contributed by atoms with van der Waals surface area (Å²) in [5, 5.41) is 5.41. The van der Waals surface area contributed by atoms with Gasteiger partial charge < -0.3 is 10.2 Å². The van der Waals surface area contributed by atoms with Gasteiger partial charge in [-0.05, 0) is 37.3 Å². The Bertz CT molecular complexity index is 350. The van der Waals surface area contributed by atoms with Crippen molar-refractivity contribution in [1.82, 2.24) is 10.2 Å². The highest BCUT2D eigenvalue weighted by Crippen LogP contribution is 2.14. The lowest BCUT2D eigenvalue weighted by Crippen LogP contribution is -2.39. The number of nitrogens with zero attached hydrogens (tertiary/aromatic N) is 1.